The van der Waals surface area contributed by atoms with Gasteiger partial charge in [-0.25, -0.2) is 14.2 Å². The first kappa shape index (κ1) is 26.0. The fourth-order valence-corrected chi connectivity index (χ4v) is 5.72. The van der Waals surface area contributed by atoms with Crippen LogP contribution in [0.1, 0.15) is 57.9 Å². The summed E-state index contributed by atoms with van der Waals surface area (Å²) in [6.07, 6.45) is 0.961. The molecule has 2 fully saturated rings. The number of likely N-dealkylation sites (tertiary alicyclic amines) is 1. The third-order valence-corrected chi connectivity index (χ3v) is 7.46. The van der Waals surface area contributed by atoms with Crippen molar-refractivity contribution in [3.63, 3.8) is 0 Å². The number of benzene rings is 1. The molecule has 0 unspecified atom stereocenters. The summed E-state index contributed by atoms with van der Waals surface area (Å²) in [6.45, 7) is 11.9. The van der Waals surface area contributed by atoms with Gasteiger partial charge in [0.1, 0.15) is 34.6 Å². The van der Waals surface area contributed by atoms with Crippen molar-refractivity contribution in [2.75, 3.05) is 31.1 Å². The molecule has 200 valence electrons. The van der Waals surface area contributed by atoms with Crippen LogP contribution in [-0.4, -0.2) is 53.4 Å². The van der Waals surface area contributed by atoms with Crippen LogP contribution in [0.2, 0.25) is 0 Å². The smallest absolute Gasteiger partial charge is 0.410 e. The van der Waals surface area contributed by atoms with Crippen molar-refractivity contribution in [1.82, 2.24) is 9.88 Å². The summed E-state index contributed by atoms with van der Waals surface area (Å²) >= 11 is 0. The van der Waals surface area contributed by atoms with E-state index in [0.717, 1.165) is 12.1 Å². The van der Waals surface area contributed by atoms with Crippen LogP contribution in [0.4, 0.5) is 20.7 Å². The second kappa shape index (κ2) is 9.02. The van der Waals surface area contributed by atoms with Crippen LogP contribution in [0.25, 0.3) is 11.1 Å². The van der Waals surface area contributed by atoms with Gasteiger partial charge >= 0.3 is 6.09 Å². The standard InChI is InChI=1S/C28H32FN5O4/c1-26(2,3)38-25(35)34-15-28(16-34)9-10-33(14-28)24-17(12-30)22(23-19(29)7-6-8-20(23)32-36)18-13-37-27(4,5)11-21(18)31-24/h6-8H,9-11,13-16H2,1-5H3. The SMILES string of the molecule is CC(C)(C)OC(=O)N1CC2(CCN(c3nc4c(c(-c5c(F)cccc5N=O)c3C#N)COC(C)(C)C4)C2)C1. The first-order valence-corrected chi connectivity index (χ1v) is 12.8. The number of nitroso groups, excluding NO2 is 1. The molecule has 1 amide bonds. The highest BCUT2D eigenvalue weighted by molar-refractivity contribution is 5.86. The van der Waals surface area contributed by atoms with Crippen molar-refractivity contribution in [3.8, 4) is 17.2 Å². The zero-order valence-electron chi connectivity index (χ0n) is 22.4. The third kappa shape index (κ3) is 4.60. The van der Waals surface area contributed by atoms with Crippen LogP contribution in [-0.2, 0) is 22.5 Å². The van der Waals surface area contributed by atoms with Crippen LogP contribution in [0, 0.1) is 27.5 Å². The lowest BCUT2D eigenvalue weighted by molar-refractivity contribution is -0.0410. The number of fused-ring (bicyclic) bond motifs is 1. The van der Waals surface area contributed by atoms with Gasteiger partial charge in [-0.05, 0) is 58.3 Å². The molecule has 0 atom stereocenters. The second-order valence-electron chi connectivity index (χ2n) is 12.2. The number of rotatable bonds is 3. The number of halogens is 1. The summed E-state index contributed by atoms with van der Waals surface area (Å²) in [5.74, 6) is -0.167. The Morgan fingerprint density at radius 3 is 2.63 bits per heavy atom. The highest BCUT2D eigenvalue weighted by Gasteiger charge is 2.51. The van der Waals surface area contributed by atoms with Crippen LogP contribution < -0.4 is 4.90 Å². The lowest BCUT2D eigenvalue weighted by atomic mass is 9.79. The molecule has 9 nitrogen and oxygen atoms in total. The minimum absolute atomic E-state index is 0.00379. The first-order valence-electron chi connectivity index (χ1n) is 12.8. The molecule has 1 spiro atoms. The third-order valence-electron chi connectivity index (χ3n) is 7.46. The summed E-state index contributed by atoms with van der Waals surface area (Å²) in [7, 11) is 0. The number of hydrogen-bond acceptors (Lipinski definition) is 8. The molecule has 38 heavy (non-hydrogen) atoms. The lowest BCUT2D eigenvalue weighted by Crippen LogP contribution is -2.60. The predicted octanol–water partition coefficient (Wildman–Crippen LogP) is 5.46. The average molecular weight is 522 g/mol. The second-order valence-corrected chi connectivity index (χ2v) is 12.2. The van der Waals surface area contributed by atoms with Gasteiger partial charge in [0.05, 0.1) is 17.9 Å². The fraction of sp³-hybridized carbons (Fsp3) is 0.536. The van der Waals surface area contributed by atoms with Crippen molar-refractivity contribution in [3.05, 3.63) is 45.7 Å². The van der Waals surface area contributed by atoms with Crippen LogP contribution >= 0.6 is 0 Å². The normalized spacial score (nSPS) is 19.5. The Morgan fingerprint density at radius 1 is 1.24 bits per heavy atom. The summed E-state index contributed by atoms with van der Waals surface area (Å²) in [5.41, 5.74) is 0.583. The number of hydrogen-bond donors (Lipinski definition) is 0. The average Bonchev–Trinajstić information content (AvgIpc) is 3.26. The maximum Gasteiger partial charge on any atom is 0.410 e. The number of amides is 1. The van der Waals surface area contributed by atoms with Gasteiger partial charge in [0.15, 0.2) is 0 Å². The monoisotopic (exact) mass is 521 g/mol. The summed E-state index contributed by atoms with van der Waals surface area (Å²) in [4.78, 5) is 32.9. The van der Waals surface area contributed by atoms with Crippen LogP contribution in [0.15, 0.2) is 23.4 Å². The largest absolute Gasteiger partial charge is 0.444 e. The Balaban J connectivity index is 1.54. The topological polar surface area (TPSA) is 108 Å². The van der Waals surface area contributed by atoms with Crippen molar-refractivity contribution in [2.24, 2.45) is 10.6 Å². The number of nitrogens with zero attached hydrogens (tertiary/aromatic N) is 5. The molecule has 0 aliphatic carbocycles. The number of nitriles is 1. The lowest BCUT2D eigenvalue weighted by Gasteiger charge is -2.47. The summed E-state index contributed by atoms with van der Waals surface area (Å²) in [6, 6.07) is 6.38. The predicted molar refractivity (Wildman–Crippen MR) is 139 cm³/mol. The van der Waals surface area contributed by atoms with Gasteiger partial charge in [-0.1, -0.05) is 6.07 Å². The van der Waals surface area contributed by atoms with E-state index in [1.54, 1.807) is 4.90 Å². The van der Waals surface area contributed by atoms with Crippen molar-refractivity contribution in [2.45, 2.75) is 65.3 Å². The van der Waals surface area contributed by atoms with Gasteiger partial charge in [-0.15, -0.1) is 4.91 Å². The van der Waals surface area contributed by atoms with Gasteiger partial charge in [0, 0.05) is 54.7 Å². The molecule has 2 saturated heterocycles. The summed E-state index contributed by atoms with van der Waals surface area (Å²) < 4.78 is 26.8. The molecule has 3 aliphatic heterocycles. The van der Waals surface area contributed by atoms with Gasteiger partial charge in [-0.3, -0.25) is 0 Å². The Kier molecular flexibility index (Phi) is 6.18. The minimum atomic E-state index is -0.632. The minimum Gasteiger partial charge on any atom is -0.444 e. The molecule has 1 aromatic carbocycles. The van der Waals surface area contributed by atoms with E-state index in [4.69, 9.17) is 14.5 Å². The van der Waals surface area contributed by atoms with E-state index in [1.165, 1.54) is 18.2 Å². The number of anilines is 1. The Bertz CT molecular complexity index is 1350. The van der Waals surface area contributed by atoms with Gasteiger partial charge in [-0.2, -0.15) is 5.26 Å². The maximum absolute atomic E-state index is 15.3. The van der Waals surface area contributed by atoms with Gasteiger partial charge in [0.2, 0.25) is 0 Å². The van der Waals surface area contributed by atoms with E-state index in [0.29, 0.717) is 49.5 Å². The Morgan fingerprint density at radius 2 is 1.97 bits per heavy atom. The number of carbonyl (C=O) groups is 1. The molecule has 0 saturated carbocycles. The highest BCUT2D eigenvalue weighted by atomic mass is 19.1. The van der Waals surface area contributed by atoms with E-state index in [2.05, 4.69) is 11.2 Å². The Hall–Kier alpha value is -3.58. The number of ether oxygens (including phenoxy) is 2. The number of aromatic nitrogens is 1. The van der Waals surface area contributed by atoms with Gasteiger partial charge < -0.3 is 19.3 Å². The zero-order valence-corrected chi connectivity index (χ0v) is 22.4. The molecule has 4 heterocycles. The molecule has 1 aromatic heterocycles. The van der Waals surface area contributed by atoms with Crippen molar-refractivity contribution in [1.29, 1.82) is 5.26 Å². The molecule has 3 aliphatic rings. The molecule has 10 heteroatoms. The van der Waals surface area contributed by atoms with Gasteiger partial charge in [0.25, 0.3) is 0 Å². The fourth-order valence-electron chi connectivity index (χ4n) is 5.72. The molecular formula is C28H32FN5O4. The maximum atomic E-state index is 15.3. The molecule has 0 bridgehead atoms. The van der Waals surface area contributed by atoms with E-state index in [-0.39, 0.29) is 34.9 Å². The van der Waals surface area contributed by atoms with E-state index in [1.807, 2.05) is 39.5 Å². The van der Waals surface area contributed by atoms with Crippen molar-refractivity contribution >= 4 is 17.6 Å². The Labute approximate surface area is 221 Å². The summed E-state index contributed by atoms with van der Waals surface area (Å²) in [5, 5.41) is 13.4. The van der Waals surface area contributed by atoms with Crippen LogP contribution in [0.3, 0.4) is 0 Å². The van der Waals surface area contributed by atoms with E-state index >= 15 is 4.39 Å². The van der Waals surface area contributed by atoms with E-state index < -0.39 is 17.0 Å². The van der Waals surface area contributed by atoms with E-state index in [9.17, 15) is 15.0 Å². The number of carbonyl (C=O) groups excluding carboxylic acids is 1. The molecule has 5 rings (SSSR count). The van der Waals surface area contributed by atoms with Crippen LogP contribution in [0.5, 0.6) is 0 Å². The van der Waals surface area contributed by atoms with Crippen molar-refractivity contribution < 1.29 is 18.7 Å². The molecule has 0 radical (unpaired) electrons. The highest BCUT2D eigenvalue weighted by Crippen LogP contribution is 2.47. The zero-order chi connectivity index (χ0) is 27.5. The molecule has 2 aromatic rings. The quantitative estimate of drug-likeness (QED) is 0.494. The molecular weight excluding hydrogens is 489 g/mol. The first-order chi connectivity index (χ1) is 17.9. The number of pyridine rings is 1. The molecule has 0 N–H and O–H groups in total.